The largest absolute Gasteiger partial charge is 0.457 e. The fourth-order valence-corrected chi connectivity index (χ4v) is 3.62. The maximum Gasteiger partial charge on any atom is 0.141 e. The predicted molar refractivity (Wildman–Crippen MR) is 128 cm³/mol. The Morgan fingerprint density at radius 2 is 1.67 bits per heavy atom. The first-order chi connectivity index (χ1) is 16.2. The molecular formula is C27H23N3O3. The van der Waals surface area contributed by atoms with Gasteiger partial charge >= 0.3 is 0 Å². The van der Waals surface area contributed by atoms with Crippen LogP contribution in [0.2, 0.25) is 0 Å². The molecule has 5 rings (SSSR count). The van der Waals surface area contributed by atoms with Gasteiger partial charge in [-0.15, -0.1) is 0 Å². The van der Waals surface area contributed by atoms with Crippen LogP contribution in [0.3, 0.4) is 0 Å². The molecule has 3 aromatic carbocycles. The standard InChI is InChI=1S/C27H23N3O3/c31-27(14-16-32-17-15-27)13-12-20-6-11-25-24(18-20)26(29-19-28-25)30-21-7-9-23(10-8-21)33-22-4-2-1-3-5-22/h1-11,18-19,31H,14-17H2,(H,28,29,30). The maximum atomic E-state index is 10.6. The lowest BCUT2D eigenvalue weighted by Crippen LogP contribution is -2.34. The lowest BCUT2D eigenvalue weighted by molar-refractivity contribution is -0.0261. The Kier molecular flexibility index (Phi) is 5.90. The van der Waals surface area contributed by atoms with Crippen molar-refractivity contribution in [2.45, 2.75) is 18.4 Å². The fraction of sp³-hybridized carbons (Fsp3) is 0.185. The molecule has 0 bridgehead atoms. The second-order valence-corrected chi connectivity index (χ2v) is 7.91. The third-order valence-electron chi connectivity index (χ3n) is 5.49. The number of aliphatic hydroxyl groups is 1. The summed E-state index contributed by atoms with van der Waals surface area (Å²) < 4.78 is 11.2. The quantitative estimate of drug-likeness (QED) is 0.435. The van der Waals surface area contributed by atoms with E-state index in [0.29, 0.717) is 31.9 Å². The highest BCUT2D eigenvalue weighted by Gasteiger charge is 2.27. The zero-order valence-electron chi connectivity index (χ0n) is 18.0. The molecule has 6 nitrogen and oxygen atoms in total. The van der Waals surface area contributed by atoms with Gasteiger partial charge in [0.1, 0.15) is 29.2 Å². The number of hydrogen-bond acceptors (Lipinski definition) is 6. The Bertz CT molecular complexity index is 1310. The summed E-state index contributed by atoms with van der Waals surface area (Å²) in [7, 11) is 0. The van der Waals surface area contributed by atoms with Gasteiger partial charge in [-0.05, 0) is 54.6 Å². The highest BCUT2D eigenvalue weighted by molar-refractivity contribution is 5.91. The van der Waals surface area contributed by atoms with Crippen LogP contribution in [0.1, 0.15) is 18.4 Å². The third kappa shape index (κ3) is 5.12. The van der Waals surface area contributed by atoms with Crippen LogP contribution in [0.25, 0.3) is 10.9 Å². The number of para-hydroxylation sites is 1. The Hall–Kier alpha value is -3.92. The second kappa shape index (κ2) is 9.29. The lowest BCUT2D eigenvalue weighted by Gasteiger charge is -2.26. The van der Waals surface area contributed by atoms with Gasteiger partial charge < -0.3 is 19.9 Å². The van der Waals surface area contributed by atoms with E-state index in [1.807, 2.05) is 72.8 Å². The van der Waals surface area contributed by atoms with Crippen LogP contribution < -0.4 is 10.1 Å². The molecule has 2 heterocycles. The van der Waals surface area contributed by atoms with Gasteiger partial charge in [-0.1, -0.05) is 30.0 Å². The summed E-state index contributed by atoms with van der Waals surface area (Å²) in [5.41, 5.74) is 1.49. The molecule has 6 heteroatoms. The molecule has 2 N–H and O–H groups in total. The van der Waals surface area contributed by atoms with Gasteiger partial charge in [0, 0.05) is 29.5 Å². The van der Waals surface area contributed by atoms with Gasteiger partial charge in [-0.2, -0.15) is 0 Å². The van der Waals surface area contributed by atoms with Gasteiger partial charge in [0.2, 0.25) is 0 Å². The average Bonchev–Trinajstić information content (AvgIpc) is 2.85. The first-order valence-electron chi connectivity index (χ1n) is 10.9. The molecule has 1 fully saturated rings. The van der Waals surface area contributed by atoms with E-state index < -0.39 is 5.60 Å². The molecule has 0 spiro atoms. The molecule has 4 aromatic rings. The van der Waals surface area contributed by atoms with Crippen LogP contribution in [-0.2, 0) is 4.74 Å². The van der Waals surface area contributed by atoms with E-state index >= 15 is 0 Å². The Morgan fingerprint density at radius 3 is 2.45 bits per heavy atom. The van der Waals surface area contributed by atoms with Crippen molar-refractivity contribution in [3.8, 4) is 23.3 Å². The monoisotopic (exact) mass is 437 g/mol. The number of aromatic nitrogens is 2. The van der Waals surface area contributed by atoms with Crippen LogP contribution in [0.4, 0.5) is 11.5 Å². The van der Waals surface area contributed by atoms with Crippen molar-refractivity contribution >= 4 is 22.4 Å². The number of rotatable bonds is 4. The van der Waals surface area contributed by atoms with Gasteiger partial charge in [0.15, 0.2) is 0 Å². The molecule has 1 aliphatic heterocycles. The fourth-order valence-electron chi connectivity index (χ4n) is 3.62. The van der Waals surface area contributed by atoms with Gasteiger partial charge in [-0.25, -0.2) is 9.97 Å². The molecule has 0 amide bonds. The van der Waals surface area contributed by atoms with Crippen molar-refractivity contribution in [2.24, 2.45) is 0 Å². The van der Waals surface area contributed by atoms with E-state index in [0.717, 1.165) is 33.7 Å². The minimum absolute atomic E-state index is 0.521. The van der Waals surface area contributed by atoms with Crippen LogP contribution in [0.15, 0.2) is 79.1 Å². The molecular weight excluding hydrogens is 414 g/mol. The first-order valence-corrected chi connectivity index (χ1v) is 10.9. The van der Waals surface area contributed by atoms with Crippen molar-refractivity contribution in [3.05, 3.63) is 84.7 Å². The summed E-state index contributed by atoms with van der Waals surface area (Å²) in [6.45, 7) is 1.06. The van der Waals surface area contributed by atoms with Crippen LogP contribution in [0, 0.1) is 11.8 Å². The number of nitrogens with one attached hydrogen (secondary N) is 1. The normalized spacial score (nSPS) is 14.8. The summed E-state index contributed by atoms with van der Waals surface area (Å²) in [4.78, 5) is 8.79. The van der Waals surface area contributed by atoms with Crippen LogP contribution >= 0.6 is 0 Å². The maximum absolute atomic E-state index is 10.6. The highest BCUT2D eigenvalue weighted by Crippen LogP contribution is 2.27. The summed E-state index contributed by atoms with van der Waals surface area (Å²) in [5.74, 6) is 8.37. The number of fused-ring (bicyclic) bond motifs is 1. The molecule has 0 radical (unpaired) electrons. The van der Waals surface area contributed by atoms with Crippen molar-refractivity contribution in [3.63, 3.8) is 0 Å². The molecule has 0 atom stereocenters. The minimum atomic E-state index is -0.995. The van der Waals surface area contributed by atoms with Crippen LogP contribution in [-0.4, -0.2) is 33.9 Å². The Balaban J connectivity index is 1.36. The smallest absolute Gasteiger partial charge is 0.141 e. The minimum Gasteiger partial charge on any atom is -0.457 e. The summed E-state index contributed by atoms with van der Waals surface area (Å²) in [6.07, 6.45) is 2.58. The number of ether oxygens (including phenoxy) is 2. The van der Waals surface area contributed by atoms with Crippen molar-refractivity contribution in [1.29, 1.82) is 0 Å². The second-order valence-electron chi connectivity index (χ2n) is 7.91. The molecule has 0 saturated carbocycles. The summed E-state index contributed by atoms with van der Waals surface area (Å²) in [6, 6.07) is 23.1. The van der Waals surface area contributed by atoms with Gasteiger partial charge in [-0.3, -0.25) is 0 Å². The number of anilines is 2. The molecule has 164 valence electrons. The zero-order valence-corrected chi connectivity index (χ0v) is 18.0. The molecule has 0 aliphatic carbocycles. The Labute approximate surface area is 192 Å². The van der Waals surface area contributed by atoms with Crippen LogP contribution in [0.5, 0.6) is 11.5 Å². The van der Waals surface area contributed by atoms with Crippen molar-refractivity contribution < 1.29 is 14.6 Å². The average molecular weight is 437 g/mol. The van der Waals surface area contributed by atoms with E-state index in [-0.39, 0.29) is 0 Å². The van der Waals surface area contributed by atoms with Crippen molar-refractivity contribution in [2.75, 3.05) is 18.5 Å². The predicted octanol–water partition coefficient (Wildman–Crippen LogP) is 5.06. The third-order valence-corrected chi connectivity index (χ3v) is 5.49. The first kappa shape index (κ1) is 21.0. The summed E-state index contributed by atoms with van der Waals surface area (Å²) in [5, 5.41) is 14.8. The molecule has 1 saturated heterocycles. The number of hydrogen-bond donors (Lipinski definition) is 2. The van der Waals surface area contributed by atoms with E-state index in [4.69, 9.17) is 9.47 Å². The topological polar surface area (TPSA) is 76.5 Å². The number of nitrogens with zero attached hydrogens (tertiary/aromatic N) is 2. The summed E-state index contributed by atoms with van der Waals surface area (Å²) >= 11 is 0. The molecule has 0 unspecified atom stereocenters. The molecule has 1 aromatic heterocycles. The number of benzene rings is 3. The van der Waals surface area contributed by atoms with E-state index in [9.17, 15) is 5.11 Å². The Morgan fingerprint density at radius 1 is 0.909 bits per heavy atom. The van der Waals surface area contributed by atoms with Crippen molar-refractivity contribution in [1.82, 2.24) is 9.97 Å². The van der Waals surface area contributed by atoms with E-state index in [2.05, 4.69) is 27.1 Å². The highest BCUT2D eigenvalue weighted by atomic mass is 16.5. The van der Waals surface area contributed by atoms with Gasteiger partial charge in [0.05, 0.1) is 18.7 Å². The lowest BCUT2D eigenvalue weighted by atomic mass is 9.95. The van der Waals surface area contributed by atoms with E-state index in [1.54, 1.807) is 0 Å². The zero-order chi connectivity index (χ0) is 22.5. The van der Waals surface area contributed by atoms with E-state index in [1.165, 1.54) is 6.33 Å². The SMILES string of the molecule is OC1(C#Cc2ccc3ncnc(Nc4ccc(Oc5ccccc5)cc4)c3c2)CCOCC1. The molecule has 33 heavy (non-hydrogen) atoms. The van der Waals surface area contributed by atoms with Gasteiger partial charge in [0.25, 0.3) is 0 Å². The molecule has 1 aliphatic rings.